The quantitative estimate of drug-likeness (QED) is 0.919. The van der Waals surface area contributed by atoms with Gasteiger partial charge in [-0.3, -0.25) is 4.79 Å². The zero-order valence-corrected chi connectivity index (χ0v) is 11.7. The molecule has 6 heteroatoms. The average molecular weight is 275 g/mol. The summed E-state index contributed by atoms with van der Waals surface area (Å²) >= 11 is 0. The topological polar surface area (TPSA) is 77.1 Å². The molecule has 106 valence electrons. The Hall–Kier alpha value is -2.37. The number of aromatic nitrogens is 2. The van der Waals surface area contributed by atoms with Crippen LogP contribution in [0.1, 0.15) is 20.8 Å². The lowest BCUT2D eigenvalue weighted by Gasteiger charge is -2.19. The SMILES string of the molecule is CC(C)(C)NC(=O)Cn1nc(-c2ccccc2)oc1=O. The molecule has 0 saturated heterocycles. The molecule has 0 aliphatic heterocycles. The molecule has 0 aliphatic rings. The molecular formula is C14H17N3O3. The Morgan fingerprint density at radius 3 is 2.55 bits per heavy atom. The van der Waals surface area contributed by atoms with E-state index in [9.17, 15) is 9.59 Å². The molecule has 0 spiro atoms. The van der Waals surface area contributed by atoms with Crippen molar-refractivity contribution in [2.45, 2.75) is 32.9 Å². The smallest absolute Gasteiger partial charge is 0.388 e. The summed E-state index contributed by atoms with van der Waals surface area (Å²) in [6, 6.07) is 9.06. The number of hydrogen-bond acceptors (Lipinski definition) is 4. The Labute approximate surface area is 116 Å². The van der Waals surface area contributed by atoms with Crippen LogP contribution in [0.2, 0.25) is 0 Å². The van der Waals surface area contributed by atoms with Crippen molar-refractivity contribution in [3.63, 3.8) is 0 Å². The molecule has 6 nitrogen and oxygen atoms in total. The normalized spacial score (nSPS) is 11.3. The fraction of sp³-hybridized carbons (Fsp3) is 0.357. The number of amides is 1. The second kappa shape index (κ2) is 5.32. The maximum Gasteiger partial charge on any atom is 0.437 e. The van der Waals surface area contributed by atoms with E-state index in [0.29, 0.717) is 5.56 Å². The Balaban J connectivity index is 2.17. The summed E-state index contributed by atoms with van der Waals surface area (Å²) in [6.45, 7) is 5.44. The van der Waals surface area contributed by atoms with Gasteiger partial charge in [-0.15, -0.1) is 5.10 Å². The lowest BCUT2D eigenvalue weighted by Crippen LogP contribution is -2.43. The number of carbonyl (C=O) groups excluding carboxylic acids is 1. The number of hydrogen-bond donors (Lipinski definition) is 1. The molecule has 1 heterocycles. The van der Waals surface area contributed by atoms with Gasteiger partial charge in [0, 0.05) is 11.1 Å². The lowest BCUT2D eigenvalue weighted by atomic mass is 10.1. The van der Waals surface area contributed by atoms with Crippen molar-refractivity contribution in [2.24, 2.45) is 0 Å². The van der Waals surface area contributed by atoms with Crippen molar-refractivity contribution >= 4 is 5.91 Å². The van der Waals surface area contributed by atoms with E-state index in [1.807, 2.05) is 39.0 Å². The fourth-order valence-electron chi connectivity index (χ4n) is 1.70. The first kappa shape index (κ1) is 14.0. The number of nitrogens with one attached hydrogen (secondary N) is 1. The Kier molecular flexibility index (Phi) is 3.74. The molecule has 0 fully saturated rings. The summed E-state index contributed by atoms with van der Waals surface area (Å²) in [5.74, 6) is -0.723. The lowest BCUT2D eigenvalue weighted by molar-refractivity contribution is -0.123. The molecule has 1 aromatic carbocycles. The molecule has 1 aromatic heterocycles. The highest BCUT2D eigenvalue weighted by Crippen LogP contribution is 2.13. The highest BCUT2D eigenvalue weighted by molar-refractivity contribution is 5.76. The minimum Gasteiger partial charge on any atom is -0.388 e. The average Bonchev–Trinajstić information content (AvgIpc) is 2.70. The molecule has 2 rings (SSSR count). The van der Waals surface area contributed by atoms with Crippen LogP contribution in [-0.2, 0) is 11.3 Å². The monoisotopic (exact) mass is 275 g/mol. The van der Waals surface area contributed by atoms with E-state index < -0.39 is 5.76 Å². The van der Waals surface area contributed by atoms with Crippen molar-refractivity contribution in [2.75, 3.05) is 0 Å². The highest BCUT2D eigenvalue weighted by Gasteiger charge is 2.17. The summed E-state index contributed by atoms with van der Waals surface area (Å²) in [6.07, 6.45) is 0. The van der Waals surface area contributed by atoms with Crippen LogP contribution in [0.4, 0.5) is 0 Å². The Bertz CT molecular complexity index is 650. The first-order valence-corrected chi connectivity index (χ1v) is 6.29. The number of carbonyl (C=O) groups is 1. The molecule has 0 bridgehead atoms. The molecule has 1 amide bonds. The van der Waals surface area contributed by atoms with Gasteiger partial charge in [0.05, 0.1) is 0 Å². The number of nitrogens with zero attached hydrogens (tertiary/aromatic N) is 2. The number of benzene rings is 1. The standard InChI is InChI=1S/C14H17N3O3/c1-14(2,3)15-11(18)9-17-13(19)20-12(16-17)10-7-5-4-6-8-10/h4-8H,9H2,1-3H3,(H,15,18). The third-order valence-corrected chi connectivity index (χ3v) is 2.43. The molecule has 0 aliphatic carbocycles. The maximum absolute atomic E-state index is 11.8. The second-order valence-corrected chi connectivity index (χ2v) is 5.49. The van der Waals surface area contributed by atoms with E-state index in [2.05, 4.69) is 10.4 Å². The summed E-state index contributed by atoms with van der Waals surface area (Å²) < 4.78 is 6.07. The first-order chi connectivity index (χ1) is 9.35. The van der Waals surface area contributed by atoms with Crippen molar-refractivity contribution < 1.29 is 9.21 Å². The van der Waals surface area contributed by atoms with Gasteiger partial charge in [-0.05, 0) is 32.9 Å². The summed E-state index contributed by atoms with van der Waals surface area (Å²) in [4.78, 5) is 23.4. The molecule has 0 unspecified atom stereocenters. The van der Waals surface area contributed by atoms with Crippen LogP contribution >= 0.6 is 0 Å². The third-order valence-electron chi connectivity index (χ3n) is 2.43. The van der Waals surface area contributed by atoms with E-state index in [1.54, 1.807) is 12.1 Å². The molecule has 0 saturated carbocycles. The Morgan fingerprint density at radius 1 is 1.30 bits per heavy atom. The van der Waals surface area contributed by atoms with Crippen LogP contribution in [0.5, 0.6) is 0 Å². The van der Waals surface area contributed by atoms with E-state index in [1.165, 1.54) is 0 Å². The predicted octanol–water partition coefficient (Wildman–Crippen LogP) is 1.42. The van der Waals surface area contributed by atoms with Crippen LogP contribution in [0.15, 0.2) is 39.5 Å². The van der Waals surface area contributed by atoms with Crippen LogP contribution in [-0.4, -0.2) is 21.2 Å². The van der Waals surface area contributed by atoms with Gasteiger partial charge in [-0.2, -0.15) is 4.68 Å². The molecule has 0 radical (unpaired) electrons. The summed E-state index contributed by atoms with van der Waals surface area (Å²) in [5, 5.41) is 6.79. The van der Waals surface area contributed by atoms with Gasteiger partial charge in [0.1, 0.15) is 6.54 Å². The maximum atomic E-state index is 11.8. The van der Waals surface area contributed by atoms with Gasteiger partial charge in [0.15, 0.2) is 0 Å². The van der Waals surface area contributed by atoms with Crippen LogP contribution in [0, 0.1) is 0 Å². The summed E-state index contributed by atoms with van der Waals surface area (Å²) in [5.41, 5.74) is 0.340. The fourth-order valence-corrected chi connectivity index (χ4v) is 1.70. The van der Waals surface area contributed by atoms with Crippen molar-refractivity contribution in [1.82, 2.24) is 15.1 Å². The summed E-state index contributed by atoms with van der Waals surface area (Å²) in [7, 11) is 0. The van der Waals surface area contributed by atoms with Gasteiger partial charge in [-0.25, -0.2) is 4.79 Å². The predicted molar refractivity (Wildman–Crippen MR) is 74.1 cm³/mol. The van der Waals surface area contributed by atoms with E-state index >= 15 is 0 Å². The zero-order chi connectivity index (χ0) is 14.8. The largest absolute Gasteiger partial charge is 0.437 e. The molecule has 0 atom stereocenters. The minimum atomic E-state index is -0.645. The molecule has 20 heavy (non-hydrogen) atoms. The van der Waals surface area contributed by atoms with Crippen molar-refractivity contribution in [3.8, 4) is 11.5 Å². The van der Waals surface area contributed by atoms with Crippen molar-refractivity contribution in [1.29, 1.82) is 0 Å². The van der Waals surface area contributed by atoms with Gasteiger partial charge in [0.25, 0.3) is 0 Å². The second-order valence-electron chi connectivity index (χ2n) is 5.49. The molecule has 1 N–H and O–H groups in total. The third kappa shape index (κ3) is 3.57. The molecular weight excluding hydrogens is 258 g/mol. The van der Waals surface area contributed by atoms with Gasteiger partial charge in [-0.1, -0.05) is 18.2 Å². The first-order valence-electron chi connectivity index (χ1n) is 6.29. The van der Waals surface area contributed by atoms with E-state index in [4.69, 9.17) is 4.42 Å². The van der Waals surface area contributed by atoms with Crippen LogP contribution < -0.4 is 11.1 Å². The van der Waals surface area contributed by atoms with Gasteiger partial charge < -0.3 is 9.73 Å². The van der Waals surface area contributed by atoms with Crippen molar-refractivity contribution in [3.05, 3.63) is 40.9 Å². The van der Waals surface area contributed by atoms with Gasteiger partial charge >= 0.3 is 5.76 Å². The Morgan fingerprint density at radius 2 is 1.95 bits per heavy atom. The molecule has 2 aromatic rings. The van der Waals surface area contributed by atoms with Gasteiger partial charge in [0.2, 0.25) is 11.8 Å². The number of rotatable bonds is 3. The highest BCUT2D eigenvalue weighted by atomic mass is 16.4. The minimum absolute atomic E-state index is 0.160. The zero-order valence-electron chi connectivity index (χ0n) is 11.7. The van der Waals surface area contributed by atoms with Crippen LogP contribution in [0.3, 0.4) is 0 Å². The van der Waals surface area contributed by atoms with E-state index in [0.717, 1.165) is 4.68 Å². The van der Waals surface area contributed by atoms with Crippen LogP contribution in [0.25, 0.3) is 11.5 Å². The van der Waals surface area contributed by atoms with E-state index in [-0.39, 0.29) is 23.9 Å².